The minimum Gasteiger partial charge on any atom is -0.480 e. The lowest BCUT2D eigenvalue weighted by Gasteiger charge is -2.25. The molecule has 1 unspecified atom stereocenters. The average molecular weight is 454 g/mol. The van der Waals surface area contributed by atoms with Gasteiger partial charge in [-0.25, -0.2) is 9.59 Å². The molecule has 0 heterocycles. The molecule has 0 saturated heterocycles. The Kier molecular flexibility index (Phi) is 7.71. The lowest BCUT2D eigenvalue weighted by Crippen LogP contribution is -2.56. The van der Waals surface area contributed by atoms with Crippen LogP contribution in [0.5, 0.6) is 0 Å². The van der Waals surface area contributed by atoms with Crippen molar-refractivity contribution in [2.45, 2.75) is 31.8 Å². The highest BCUT2D eigenvalue weighted by Crippen LogP contribution is 2.44. The topological polar surface area (TPSA) is 108 Å². The number of fused-ring (bicyclic) bond motifs is 3. The van der Waals surface area contributed by atoms with Gasteiger partial charge >= 0.3 is 12.1 Å². The van der Waals surface area contributed by atoms with Gasteiger partial charge in [0.2, 0.25) is 5.91 Å². The van der Waals surface area contributed by atoms with E-state index in [2.05, 4.69) is 22.8 Å². The van der Waals surface area contributed by atoms with E-state index in [1.807, 2.05) is 36.4 Å². The van der Waals surface area contributed by atoms with Crippen molar-refractivity contribution in [2.75, 3.05) is 27.2 Å². The van der Waals surface area contributed by atoms with Crippen LogP contribution in [0.15, 0.2) is 48.5 Å². The lowest BCUT2D eigenvalue weighted by atomic mass is 9.98. The Hall–Kier alpha value is -3.39. The molecule has 0 aromatic heterocycles. The number of hydrogen-bond acceptors (Lipinski definition) is 5. The van der Waals surface area contributed by atoms with Crippen molar-refractivity contribution >= 4 is 18.0 Å². The van der Waals surface area contributed by atoms with Crippen LogP contribution in [0.3, 0.4) is 0 Å². The number of carboxylic acids is 1. The predicted molar refractivity (Wildman–Crippen MR) is 125 cm³/mol. The first-order valence-electron chi connectivity index (χ1n) is 11.0. The number of carbonyl (C=O) groups is 3. The van der Waals surface area contributed by atoms with Gasteiger partial charge in [-0.2, -0.15) is 0 Å². The summed E-state index contributed by atoms with van der Waals surface area (Å²) in [6.07, 6.45) is -0.727. The van der Waals surface area contributed by atoms with Crippen LogP contribution in [0.1, 0.15) is 30.9 Å². The maximum atomic E-state index is 12.7. The maximum absolute atomic E-state index is 12.7. The molecule has 0 spiro atoms. The highest BCUT2D eigenvalue weighted by Gasteiger charge is 2.31. The number of carbonyl (C=O) groups excluding carboxylic acids is 2. The summed E-state index contributed by atoms with van der Waals surface area (Å²) in [6, 6.07) is 14.0. The minimum atomic E-state index is -1.12. The van der Waals surface area contributed by atoms with E-state index in [0.717, 1.165) is 22.3 Å². The molecule has 0 saturated carbocycles. The van der Waals surface area contributed by atoms with Crippen molar-refractivity contribution in [2.24, 2.45) is 5.92 Å². The van der Waals surface area contributed by atoms with Gasteiger partial charge in [0.25, 0.3) is 0 Å². The predicted octanol–water partition coefficient (Wildman–Crippen LogP) is 2.68. The molecule has 0 aliphatic heterocycles. The zero-order chi connectivity index (χ0) is 24.1. The van der Waals surface area contributed by atoms with E-state index in [4.69, 9.17) is 4.74 Å². The number of likely N-dealkylation sites (N-methyl/N-ethyl adjacent to an activating group) is 1. The molecule has 8 heteroatoms. The number of hydrogen-bond donors (Lipinski definition) is 3. The molecule has 1 aliphatic rings. The van der Waals surface area contributed by atoms with Crippen LogP contribution in [0.2, 0.25) is 0 Å². The van der Waals surface area contributed by atoms with Crippen molar-refractivity contribution in [1.29, 1.82) is 0 Å². The zero-order valence-electron chi connectivity index (χ0n) is 19.4. The number of benzene rings is 2. The largest absolute Gasteiger partial charge is 0.480 e. The van der Waals surface area contributed by atoms with Crippen LogP contribution in [-0.2, 0) is 14.3 Å². The fourth-order valence-electron chi connectivity index (χ4n) is 4.11. The molecule has 33 heavy (non-hydrogen) atoms. The molecule has 2 atom stereocenters. The number of aliphatic carboxylic acids is 1. The quantitative estimate of drug-likeness (QED) is 0.539. The van der Waals surface area contributed by atoms with E-state index in [1.54, 1.807) is 32.8 Å². The highest BCUT2D eigenvalue weighted by molar-refractivity contribution is 5.89. The number of carboxylic acid groups (broad SMARTS) is 1. The van der Waals surface area contributed by atoms with E-state index in [0.29, 0.717) is 0 Å². The molecule has 3 N–H and O–H groups in total. The van der Waals surface area contributed by atoms with Gasteiger partial charge in [0.05, 0.1) is 0 Å². The first kappa shape index (κ1) is 24.3. The molecule has 3 rings (SSSR count). The Labute approximate surface area is 193 Å². The van der Waals surface area contributed by atoms with Crippen LogP contribution in [0, 0.1) is 5.92 Å². The molecule has 1 aliphatic carbocycles. The van der Waals surface area contributed by atoms with Gasteiger partial charge in [0, 0.05) is 12.5 Å². The molecular formula is C25H31N3O5. The van der Waals surface area contributed by atoms with Gasteiger partial charge in [0.1, 0.15) is 18.7 Å². The normalized spacial score (nSPS) is 14.4. The van der Waals surface area contributed by atoms with Gasteiger partial charge in [-0.05, 0) is 42.3 Å². The third-order valence-corrected chi connectivity index (χ3v) is 5.73. The molecule has 0 bridgehead atoms. The fraction of sp³-hybridized carbons (Fsp3) is 0.400. The summed E-state index contributed by atoms with van der Waals surface area (Å²) in [5, 5.41) is 14.5. The number of ether oxygens (including phenoxy) is 1. The standard InChI is InChI=1S/C25H31N3O5/c1-15(2)22(24(30)31)27-23(29)21(13-28(3)4)26-25(32)33-14-20-18-11-7-5-9-16(18)17-10-6-8-12-19(17)20/h5-12,15,20-22H,13-14H2,1-4H3,(H,26,32)(H,27,29)(H,30,31)/t21?,22-/m0/s1. The summed E-state index contributed by atoms with van der Waals surface area (Å²) < 4.78 is 5.54. The highest BCUT2D eigenvalue weighted by atomic mass is 16.5. The number of alkyl carbamates (subject to hydrolysis) is 1. The van der Waals surface area contributed by atoms with Crippen molar-refractivity contribution < 1.29 is 24.2 Å². The first-order chi connectivity index (χ1) is 15.7. The van der Waals surface area contributed by atoms with Crippen LogP contribution < -0.4 is 10.6 Å². The SMILES string of the molecule is CC(C)[C@H](NC(=O)C(CN(C)C)NC(=O)OCC1c2ccccc2-c2ccccc21)C(=O)O. The van der Waals surface area contributed by atoms with Crippen molar-refractivity contribution in [3.05, 3.63) is 59.7 Å². The maximum Gasteiger partial charge on any atom is 0.407 e. The Morgan fingerprint density at radius 1 is 0.970 bits per heavy atom. The van der Waals surface area contributed by atoms with Crippen LogP contribution in [-0.4, -0.2) is 67.3 Å². The third-order valence-electron chi connectivity index (χ3n) is 5.73. The van der Waals surface area contributed by atoms with Crippen molar-refractivity contribution in [3.63, 3.8) is 0 Å². The number of amides is 2. The molecular weight excluding hydrogens is 422 g/mol. The van der Waals surface area contributed by atoms with E-state index in [1.165, 1.54) is 0 Å². The van der Waals surface area contributed by atoms with Crippen LogP contribution in [0.25, 0.3) is 11.1 Å². The third kappa shape index (κ3) is 5.70. The molecule has 2 aromatic carbocycles. The molecule has 0 radical (unpaired) electrons. The summed E-state index contributed by atoms with van der Waals surface area (Å²) in [4.78, 5) is 38.6. The molecule has 0 fully saturated rings. The van der Waals surface area contributed by atoms with Gasteiger partial charge in [-0.1, -0.05) is 62.4 Å². The zero-order valence-corrected chi connectivity index (χ0v) is 19.4. The first-order valence-corrected chi connectivity index (χ1v) is 11.0. The minimum absolute atomic E-state index is 0.0957. The van der Waals surface area contributed by atoms with Gasteiger partial charge in [0.15, 0.2) is 0 Å². The monoisotopic (exact) mass is 453 g/mol. The van der Waals surface area contributed by atoms with Crippen molar-refractivity contribution in [3.8, 4) is 11.1 Å². The Bertz CT molecular complexity index is 975. The Morgan fingerprint density at radius 3 is 2.00 bits per heavy atom. The Balaban J connectivity index is 1.67. The number of rotatable bonds is 9. The summed E-state index contributed by atoms with van der Waals surface area (Å²) in [7, 11) is 3.52. The van der Waals surface area contributed by atoms with Crippen LogP contribution in [0.4, 0.5) is 4.79 Å². The van der Waals surface area contributed by atoms with Crippen LogP contribution >= 0.6 is 0 Å². The fourth-order valence-corrected chi connectivity index (χ4v) is 4.11. The van der Waals surface area contributed by atoms with Gasteiger partial charge in [-0.15, -0.1) is 0 Å². The Morgan fingerprint density at radius 2 is 1.52 bits per heavy atom. The van der Waals surface area contributed by atoms with Gasteiger partial charge < -0.3 is 25.4 Å². The van der Waals surface area contributed by atoms with E-state index in [9.17, 15) is 19.5 Å². The summed E-state index contributed by atoms with van der Waals surface area (Å²) in [6.45, 7) is 3.73. The second-order valence-electron chi connectivity index (χ2n) is 8.85. The second kappa shape index (κ2) is 10.5. The molecule has 2 amide bonds. The summed E-state index contributed by atoms with van der Waals surface area (Å²) in [5.41, 5.74) is 4.44. The van der Waals surface area contributed by atoms with E-state index < -0.39 is 30.1 Å². The molecule has 176 valence electrons. The number of nitrogens with one attached hydrogen (secondary N) is 2. The summed E-state index contributed by atoms with van der Waals surface area (Å²) >= 11 is 0. The van der Waals surface area contributed by atoms with E-state index in [-0.39, 0.29) is 25.0 Å². The lowest BCUT2D eigenvalue weighted by molar-refractivity contribution is -0.143. The number of nitrogens with zero attached hydrogens (tertiary/aromatic N) is 1. The second-order valence-corrected chi connectivity index (χ2v) is 8.85. The van der Waals surface area contributed by atoms with E-state index >= 15 is 0 Å². The molecule has 2 aromatic rings. The van der Waals surface area contributed by atoms with Gasteiger partial charge in [-0.3, -0.25) is 4.79 Å². The summed E-state index contributed by atoms with van der Waals surface area (Å²) in [5.74, 6) is -2.09. The molecule has 8 nitrogen and oxygen atoms in total. The average Bonchev–Trinajstić information content (AvgIpc) is 3.08. The van der Waals surface area contributed by atoms with Crippen molar-refractivity contribution in [1.82, 2.24) is 15.5 Å². The smallest absolute Gasteiger partial charge is 0.407 e.